The number of ether oxygens (including phenoxy) is 2. The lowest BCUT2D eigenvalue weighted by atomic mass is 10.2. The van der Waals surface area contributed by atoms with Crippen LogP contribution in [0.3, 0.4) is 0 Å². The van der Waals surface area contributed by atoms with E-state index in [0.717, 1.165) is 0 Å². The molecule has 3 rings (SSSR count). The van der Waals surface area contributed by atoms with Gasteiger partial charge in [-0.15, -0.1) is 0 Å². The van der Waals surface area contributed by atoms with E-state index in [-0.39, 0.29) is 18.2 Å². The van der Waals surface area contributed by atoms with Crippen molar-refractivity contribution in [1.29, 1.82) is 0 Å². The monoisotopic (exact) mass is 447 g/mol. The first kappa shape index (κ1) is 23.0. The van der Waals surface area contributed by atoms with Gasteiger partial charge >= 0.3 is 0 Å². The van der Waals surface area contributed by atoms with Gasteiger partial charge in [-0.1, -0.05) is 30.3 Å². The average molecular weight is 447 g/mol. The van der Waals surface area contributed by atoms with E-state index in [1.165, 1.54) is 31.4 Å². The van der Waals surface area contributed by atoms with Gasteiger partial charge in [-0.3, -0.25) is 19.7 Å². The quantitative estimate of drug-likeness (QED) is 0.287. The molecule has 0 saturated heterocycles. The fourth-order valence-corrected chi connectivity index (χ4v) is 2.85. The number of nitro benzene ring substituents is 1. The van der Waals surface area contributed by atoms with Gasteiger partial charge in [0.25, 0.3) is 11.6 Å². The third-order valence-corrected chi connectivity index (χ3v) is 4.35. The zero-order valence-corrected chi connectivity index (χ0v) is 17.7. The molecule has 0 bridgehead atoms. The standard InChI is InChI=1S/C24H21N3O6/c1-32-21-10-2-3-11-22(21)33-16-24(29)26-19-8-5-7-18(15-19)25-23(28)13-12-17-6-4-9-20(14-17)27(30)31/h2-15H,16H2,1H3,(H,25,28)(H,26,29). The first-order valence-electron chi connectivity index (χ1n) is 9.84. The van der Waals surface area contributed by atoms with Crippen LogP contribution in [0.2, 0.25) is 0 Å². The molecule has 0 aliphatic rings. The number of benzene rings is 3. The Kier molecular flexibility index (Phi) is 7.74. The van der Waals surface area contributed by atoms with Gasteiger partial charge in [0.15, 0.2) is 18.1 Å². The van der Waals surface area contributed by atoms with E-state index in [9.17, 15) is 19.7 Å². The lowest BCUT2D eigenvalue weighted by molar-refractivity contribution is -0.384. The second-order valence-electron chi connectivity index (χ2n) is 6.74. The minimum Gasteiger partial charge on any atom is -0.493 e. The highest BCUT2D eigenvalue weighted by Gasteiger charge is 2.08. The number of amides is 2. The molecule has 0 saturated carbocycles. The molecule has 0 radical (unpaired) electrons. The summed E-state index contributed by atoms with van der Waals surface area (Å²) in [6.45, 7) is -0.219. The maximum atomic E-state index is 12.2. The Bertz CT molecular complexity index is 1190. The third kappa shape index (κ3) is 6.93. The maximum Gasteiger partial charge on any atom is 0.270 e. The number of nitro groups is 1. The molecule has 0 aliphatic heterocycles. The molecule has 168 valence electrons. The van der Waals surface area contributed by atoms with Gasteiger partial charge < -0.3 is 20.1 Å². The topological polar surface area (TPSA) is 120 Å². The average Bonchev–Trinajstić information content (AvgIpc) is 2.82. The molecule has 33 heavy (non-hydrogen) atoms. The van der Waals surface area contributed by atoms with Crippen molar-refractivity contribution in [2.45, 2.75) is 0 Å². The van der Waals surface area contributed by atoms with Gasteiger partial charge in [-0.05, 0) is 42.0 Å². The minimum atomic E-state index is -0.501. The summed E-state index contributed by atoms with van der Waals surface area (Å²) in [6.07, 6.45) is 2.74. The number of rotatable bonds is 9. The first-order valence-corrected chi connectivity index (χ1v) is 9.84. The van der Waals surface area contributed by atoms with E-state index < -0.39 is 10.8 Å². The molecule has 9 heteroatoms. The number of nitrogens with zero attached hydrogens (tertiary/aromatic N) is 1. The Balaban J connectivity index is 1.55. The van der Waals surface area contributed by atoms with Crippen molar-refractivity contribution >= 4 is 35.0 Å². The van der Waals surface area contributed by atoms with Crippen LogP contribution in [0.25, 0.3) is 6.08 Å². The highest BCUT2D eigenvalue weighted by molar-refractivity contribution is 6.02. The summed E-state index contributed by atoms with van der Waals surface area (Å²) in [5.74, 6) is 0.166. The number of carbonyl (C=O) groups excluding carboxylic acids is 2. The van der Waals surface area contributed by atoms with Crippen LogP contribution in [0.15, 0.2) is 78.9 Å². The molecule has 3 aromatic carbocycles. The van der Waals surface area contributed by atoms with E-state index in [1.807, 2.05) is 0 Å². The van der Waals surface area contributed by atoms with Gasteiger partial charge in [0.2, 0.25) is 5.91 Å². The van der Waals surface area contributed by atoms with E-state index in [2.05, 4.69) is 10.6 Å². The Labute approximate surface area is 189 Å². The number of hydrogen-bond acceptors (Lipinski definition) is 6. The first-order chi connectivity index (χ1) is 15.9. The normalized spacial score (nSPS) is 10.5. The van der Waals surface area contributed by atoms with E-state index in [0.29, 0.717) is 28.4 Å². The summed E-state index contributed by atoms with van der Waals surface area (Å²) >= 11 is 0. The fourth-order valence-electron chi connectivity index (χ4n) is 2.85. The number of anilines is 2. The van der Waals surface area contributed by atoms with Crippen molar-refractivity contribution in [3.05, 3.63) is 94.6 Å². The SMILES string of the molecule is COc1ccccc1OCC(=O)Nc1cccc(NC(=O)C=Cc2cccc([N+](=O)[O-])c2)c1. The molecule has 0 atom stereocenters. The van der Waals surface area contributed by atoms with Crippen molar-refractivity contribution < 1.29 is 24.0 Å². The van der Waals surface area contributed by atoms with Crippen molar-refractivity contribution in [1.82, 2.24) is 0 Å². The van der Waals surface area contributed by atoms with Crippen molar-refractivity contribution in [2.75, 3.05) is 24.4 Å². The largest absolute Gasteiger partial charge is 0.493 e. The predicted octanol–water partition coefficient (Wildman–Crippen LogP) is 4.27. The van der Waals surface area contributed by atoms with Crippen LogP contribution >= 0.6 is 0 Å². The lowest BCUT2D eigenvalue weighted by Crippen LogP contribution is -2.20. The van der Waals surface area contributed by atoms with Gasteiger partial charge in [-0.25, -0.2) is 0 Å². The smallest absolute Gasteiger partial charge is 0.270 e. The van der Waals surface area contributed by atoms with E-state index in [1.54, 1.807) is 60.7 Å². The molecule has 0 heterocycles. The lowest BCUT2D eigenvalue weighted by Gasteiger charge is -2.11. The number of para-hydroxylation sites is 2. The Hall–Kier alpha value is -4.66. The van der Waals surface area contributed by atoms with E-state index in [4.69, 9.17) is 9.47 Å². The van der Waals surface area contributed by atoms with Crippen LogP contribution in [0.5, 0.6) is 11.5 Å². The Morgan fingerprint density at radius 1 is 0.939 bits per heavy atom. The van der Waals surface area contributed by atoms with Gasteiger partial charge in [0.05, 0.1) is 12.0 Å². The van der Waals surface area contributed by atoms with Gasteiger partial charge in [0, 0.05) is 29.6 Å². The molecule has 0 aliphatic carbocycles. The molecule has 2 N–H and O–H groups in total. The van der Waals surface area contributed by atoms with Crippen LogP contribution in [-0.4, -0.2) is 30.5 Å². The summed E-state index contributed by atoms with van der Waals surface area (Å²) < 4.78 is 10.7. The predicted molar refractivity (Wildman–Crippen MR) is 124 cm³/mol. The molecule has 0 aromatic heterocycles. The molecule has 0 fully saturated rings. The number of nitrogens with one attached hydrogen (secondary N) is 2. The molecular weight excluding hydrogens is 426 g/mol. The van der Waals surface area contributed by atoms with Crippen molar-refractivity contribution in [3.8, 4) is 11.5 Å². The molecule has 2 amide bonds. The molecular formula is C24H21N3O6. The van der Waals surface area contributed by atoms with Gasteiger partial charge in [-0.2, -0.15) is 0 Å². The van der Waals surface area contributed by atoms with Crippen molar-refractivity contribution in [3.63, 3.8) is 0 Å². The summed E-state index contributed by atoms with van der Waals surface area (Å²) in [5, 5.41) is 16.2. The summed E-state index contributed by atoms with van der Waals surface area (Å²) in [5.41, 5.74) is 1.40. The van der Waals surface area contributed by atoms with Crippen LogP contribution in [0.4, 0.5) is 17.1 Å². The van der Waals surface area contributed by atoms with Crippen LogP contribution in [0.1, 0.15) is 5.56 Å². The molecule has 9 nitrogen and oxygen atoms in total. The molecule has 0 spiro atoms. The zero-order chi connectivity index (χ0) is 23.6. The maximum absolute atomic E-state index is 12.2. The number of non-ortho nitro benzene ring substituents is 1. The van der Waals surface area contributed by atoms with Crippen LogP contribution in [0, 0.1) is 10.1 Å². The second kappa shape index (κ2) is 11.1. The summed E-state index contributed by atoms with van der Waals surface area (Å²) in [6, 6.07) is 19.5. The van der Waals surface area contributed by atoms with Gasteiger partial charge in [0.1, 0.15) is 0 Å². The molecule has 0 unspecified atom stereocenters. The van der Waals surface area contributed by atoms with E-state index >= 15 is 0 Å². The summed E-state index contributed by atoms with van der Waals surface area (Å²) in [7, 11) is 1.51. The van der Waals surface area contributed by atoms with Crippen molar-refractivity contribution in [2.24, 2.45) is 0 Å². The highest BCUT2D eigenvalue weighted by atomic mass is 16.6. The van der Waals surface area contributed by atoms with Crippen LogP contribution in [-0.2, 0) is 9.59 Å². The Morgan fingerprint density at radius 3 is 2.36 bits per heavy atom. The number of carbonyl (C=O) groups is 2. The molecule has 3 aromatic rings. The number of hydrogen-bond donors (Lipinski definition) is 2. The minimum absolute atomic E-state index is 0.0595. The fraction of sp³-hybridized carbons (Fsp3) is 0.0833. The summed E-state index contributed by atoms with van der Waals surface area (Å²) in [4.78, 5) is 34.8. The third-order valence-electron chi connectivity index (χ3n) is 4.35. The highest BCUT2D eigenvalue weighted by Crippen LogP contribution is 2.25. The zero-order valence-electron chi connectivity index (χ0n) is 17.7. The second-order valence-corrected chi connectivity index (χ2v) is 6.74. The number of methoxy groups -OCH3 is 1. The van der Waals surface area contributed by atoms with Crippen LogP contribution < -0.4 is 20.1 Å². The Morgan fingerprint density at radius 2 is 1.64 bits per heavy atom.